The van der Waals surface area contributed by atoms with Crippen LogP contribution in [0, 0.1) is 18.8 Å². The van der Waals surface area contributed by atoms with E-state index in [1.54, 1.807) is 19.1 Å². The van der Waals surface area contributed by atoms with Crippen molar-refractivity contribution in [3.8, 4) is 0 Å². The van der Waals surface area contributed by atoms with E-state index in [0.29, 0.717) is 28.5 Å². The molecule has 2 aliphatic heterocycles. The van der Waals surface area contributed by atoms with Crippen molar-refractivity contribution in [2.45, 2.75) is 86.0 Å². The summed E-state index contributed by atoms with van der Waals surface area (Å²) in [4.78, 5) is 145. The average molecular weight is 1010 g/mol. The number of Topliss-reactive ketones (excluding diaryl/α,β-unsaturated/α-hetero) is 2. The zero-order valence-corrected chi connectivity index (χ0v) is 39.3. The summed E-state index contributed by atoms with van der Waals surface area (Å²) >= 11 is -2.82. The van der Waals surface area contributed by atoms with Crippen molar-refractivity contribution in [1.82, 2.24) is 10.1 Å². The first kappa shape index (κ1) is 52.6. The van der Waals surface area contributed by atoms with Gasteiger partial charge < -0.3 is 21.4 Å². The van der Waals surface area contributed by atoms with Crippen LogP contribution in [-0.4, -0.2) is 123 Å². The van der Waals surface area contributed by atoms with Crippen LogP contribution < -0.4 is 26.5 Å². The number of rotatable bonds is 21. The standard InChI is InChI=1S/C20H24N4O7.C19H21N4O7.3CH3.Sn/c1-11-7-13(15(25)10-12(18(28)29)3-2-6-23-20(21)22)9-14(8-11)19(30)31-24-16(26)4-5-17(24)27;20-19(21)22-8-2-5-12(17(27)28)10-14(24)11-3-1-4-13(9-11)18(29)30-23-15(25)6-7-16(23)26;;;;/h7-9,12H,2-6,10H2,1H3,(H,28,29)(H4,21,22,23);3-4,9,12H,2,5-8,10H2,(H,27,28)(H4,20,21,22);3*1H3;/t2*12-;;;;/m11..../s1. The molecule has 65 heavy (non-hydrogen) atoms. The van der Waals surface area contributed by atoms with E-state index in [9.17, 15) is 58.2 Å². The number of hydroxylamine groups is 4. The van der Waals surface area contributed by atoms with Crippen molar-refractivity contribution in [3.63, 3.8) is 0 Å². The number of hydrogen-bond acceptors (Lipinski definition) is 14. The van der Waals surface area contributed by atoms with Crippen LogP contribution in [0.4, 0.5) is 0 Å². The number of carboxylic acid groups (broad SMARTS) is 2. The third-order valence-corrected chi connectivity index (χ3v) is 15.7. The summed E-state index contributed by atoms with van der Waals surface area (Å²) in [6.07, 6.45) is 0.467. The fourth-order valence-corrected chi connectivity index (χ4v) is 9.75. The number of benzene rings is 2. The number of hydrogen-bond donors (Lipinski definition) is 6. The molecule has 0 aromatic heterocycles. The van der Waals surface area contributed by atoms with Gasteiger partial charge in [-0.2, -0.15) is 0 Å². The summed E-state index contributed by atoms with van der Waals surface area (Å²) in [6.45, 7) is 2.14. The number of carboxylic acids is 2. The van der Waals surface area contributed by atoms with Gasteiger partial charge in [-0.05, 0) is 43.5 Å². The molecule has 2 heterocycles. The molecule has 10 N–H and O–H groups in total. The second-order valence-electron chi connectivity index (χ2n) is 16.3. The Bertz CT molecular complexity index is 2250. The predicted molar refractivity (Wildman–Crippen MR) is 234 cm³/mol. The van der Waals surface area contributed by atoms with Gasteiger partial charge in [0.1, 0.15) is 0 Å². The van der Waals surface area contributed by atoms with Crippen molar-refractivity contribution in [2.24, 2.45) is 44.8 Å². The minimum absolute atomic E-state index is 0.0274. The van der Waals surface area contributed by atoms with Gasteiger partial charge in [0.05, 0.1) is 11.5 Å². The molecule has 0 aliphatic carbocycles. The van der Waals surface area contributed by atoms with Crippen LogP contribution in [0.1, 0.15) is 111 Å². The Labute approximate surface area is 377 Å². The monoisotopic (exact) mass is 1010 g/mol. The Hall–Kier alpha value is -6.72. The molecule has 22 nitrogen and oxygen atoms in total. The molecule has 0 saturated carbocycles. The molecule has 0 radical (unpaired) electrons. The van der Waals surface area contributed by atoms with Gasteiger partial charge in [0.15, 0.2) is 11.7 Å². The molecule has 2 aromatic carbocycles. The number of guanidine groups is 2. The third kappa shape index (κ3) is 16.4. The number of aryl methyl sites for hydroxylation is 1. The van der Waals surface area contributed by atoms with Crippen molar-refractivity contribution in [2.75, 3.05) is 13.1 Å². The van der Waals surface area contributed by atoms with Crippen LogP contribution in [0.15, 0.2) is 46.4 Å². The van der Waals surface area contributed by atoms with E-state index < -0.39 is 89.3 Å². The molecule has 23 heteroatoms. The topological polar surface area (TPSA) is 365 Å². The van der Waals surface area contributed by atoms with Gasteiger partial charge in [0.25, 0.3) is 11.8 Å². The number of nitrogens with two attached hydrogens (primary N) is 4. The van der Waals surface area contributed by atoms with Gasteiger partial charge in [0.2, 0.25) is 0 Å². The average Bonchev–Trinajstić information content (AvgIpc) is 3.72. The van der Waals surface area contributed by atoms with Crippen LogP contribution in [0.25, 0.3) is 0 Å². The molecule has 2 aliphatic rings. The number of ketones is 2. The Balaban J connectivity index is 0.000000347. The van der Waals surface area contributed by atoms with E-state index in [0.717, 1.165) is 3.58 Å². The van der Waals surface area contributed by atoms with Crippen LogP contribution in [0.2, 0.25) is 14.8 Å². The molecule has 2 fully saturated rings. The first-order valence-corrected chi connectivity index (χ1v) is 30.4. The molecular formula is C42H54N8O14Sn. The third-order valence-electron chi connectivity index (χ3n) is 9.92. The zero-order valence-electron chi connectivity index (χ0n) is 36.5. The van der Waals surface area contributed by atoms with Crippen LogP contribution in [0.5, 0.6) is 0 Å². The van der Waals surface area contributed by atoms with Crippen molar-refractivity contribution < 1.29 is 67.8 Å². The molecule has 0 bridgehead atoms. The fraction of sp³-hybridized carbons (Fsp3) is 0.429. The van der Waals surface area contributed by atoms with Crippen LogP contribution in [-0.2, 0) is 38.4 Å². The molecule has 0 unspecified atom stereocenters. The SMILES string of the molecule is Cc1cc(C(=O)C[C@@H](CCCN=C(N)N)C(=O)O)cc(C(=O)ON2C(=O)CCC2=O)c1.[CH3][Sn]([CH3])([CH3])[c]1cc(C(=O)C[C@@H](CCCN=C(N)N)C(=O)O)cc(C(=O)ON2C(=O)CCC2=O)c1. The predicted octanol–water partition coefficient (Wildman–Crippen LogP) is 1.32. The van der Waals surface area contributed by atoms with E-state index >= 15 is 0 Å². The first-order valence-electron chi connectivity index (χ1n) is 20.4. The zero-order chi connectivity index (χ0) is 48.8. The number of amides is 4. The second kappa shape index (κ2) is 23.8. The van der Waals surface area contributed by atoms with Gasteiger partial charge in [-0.15, -0.1) is 5.06 Å². The van der Waals surface area contributed by atoms with Crippen LogP contribution in [0.3, 0.4) is 0 Å². The van der Waals surface area contributed by atoms with Crippen LogP contribution >= 0.6 is 0 Å². The number of aliphatic imine (C=N–C) groups is 2. The second-order valence-corrected chi connectivity index (χ2v) is 30.8. The Morgan fingerprint density at radius 1 is 0.600 bits per heavy atom. The van der Waals surface area contributed by atoms with E-state index in [1.807, 2.05) is 0 Å². The van der Waals surface area contributed by atoms with E-state index in [1.165, 1.54) is 24.3 Å². The van der Waals surface area contributed by atoms with Gasteiger partial charge in [0, 0.05) is 31.4 Å². The molecule has 4 amide bonds. The molecule has 0 spiro atoms. The molecule has 2 atom stereocenters. The van der Waals surface area contributed by atoms with Gasteiger partial charge >= 0.3 is 214 Å². The Morgan fingerprint density at radius 3 is 1.29 bits per heavy atom. The number of imide groups is 2. The first-order chi connectivity index (χ1) is 30.4. The molecule has 2 aromatic rings. The van der Waals surface area contributed by atoms with E-state index in [-0.39, 0.29) is 98.6 Å². The number of carbonyl (C=O) groups is 10. The molecule has 2 saturated heterocycles. The number of nitrogens with zero attached hydrogens (tertiary/aromatic N) is 4. The number of carbonyl (C=O) groups excluding carboxylic acids is 8. The number of aliphatic carboxylic acids is 2. The normalized spacial score (nSPS) is 14.5. The van der Waals surface area contributed by atoms with Gasteiger partial charge in [-0.3, -0.25) is 24.2 Å². The Morgan fingerprint density at radius 2 is 0.938 bits per heavy atom. The van der Waals surface area contributed by atoms with Crippen molar-refractivity contribution in [1.29, 1.82) is 0 Å². The molecule has 350 valence electrons. The van der Waals surface area contributed by atoms with Gasteiger partial charge in [-0.25, -0.2) is 4.79 Å². The van der Waals surface area contributed by atoms with E-state index in [2.05, 4.69) is 24.8 Å². The fourth-order valence-electron chi connectivity index (χ4n) is 6.39. The van der Waals surface area contributed by atoms with Crippen molar-refractivity contribution >= 4 is 92.9 Å². The maximum atomic E-state index is 13.0. The Kier molecular flexibility index (Phi) is 19.3. The summed E-state index contributed by atoms with van der Waals surface area (Å²) < 4.78 is 0.839. The summed E-state index contributed by atoms with van der Waals surface area (Å²) in [5.74, 6) is -9.58. The summed E-state index contributed by atoms with van der Waals surface area (Å²) in [5.41, 5.74) is 21.8. The minimum atomic E-state index is -2.82. The summed E-state index contributed by atoms with van der Waals surface area (Å²) in [7, 11) is 0. The van der Waals surface area contributed by atoms with Gasteiger partial charge in [-0.1, -0.05) is 0 Å². The summed E-state index contributed by atoms with van der Waals surface area (Å²) in [6, 6.07) is 8.83. The van der Waals surface area contributed by atoms with E-state index in [4.69, 9.17) is 32.6 Å². The quantitative estimate of drug-likeness (QED) is 0.0256. The summed E-state index contributed by atoms with van der Waals surface area (Å²) in [5, 5.41) is 19.8. The molecule has 4 rings (SSSR count). The maximum absolute atomic E-state index is 13.0. The van der Waals surface area contributed by atoms with Crippen molar-refractivity contribution in [3.05, 3.63) is 64.2 Å². The molecular weight excluding hydrogens is 959 g/mol.